The molecule has 1 atom stereocenters. The molecule has 0 spiro atoms. The molecular weight excluding hydrogens is 380 g/mol. The highest BCUT2D eigenvalue weighted by Crippen LogP contribution is 2.28. The number of hydrogen-bond donors (Lipinski definition) is 2. The third kappa shape index (κ3) is 3.25. The minimum Gasteiger partial charge on any atom is -0.508 e. The van der Waals surface area contributed by atoms with Crippen molar-refractivity contribution in [3.05, 3.63) is 78.5 Å². The number of aromatic nitrogens is 3. The van der Waals surface area contributed by atoms with Crippen molar-refractivity contribution in [2.75, 3.05) is 18.5 Å². The second kappa shape index (κ2) is 7.20. The summed E-state index contributed by atoms with van der Waals surface area (Å²) in [6, 6.07) is 20.2. The van der Waals surface area contributed by atoms with E-state index in [2.05, 4.69) is 4.98 Å². The fourth-order valence-corrected chi connectivity index (χ4v) is 3.53. The van der Waals surface area contributed by atoms with Crippen LogP contribution in [0, 0.1) is 0 Å². The molecule has 0 fully saturated rings. The lowest BCUT2D eigenvalue weighted by Crippen LogP contribution is -2.25. The number of nitrogens with zero attached hydrogens (tertiary/aromatic N) is 4. The van der Waals surface area contributed by atoms with Crippen LogP contribution in [0.1, 0.15) is 11.7 Å². The number of para-hydroxylation sites is 1. The van der Waals surface area contributed by atoms with E-state index in [1.807, 2.05) is 54.4 Å². The second-order valence-electron chi connectivity index (χ2n) is 7.24. The van der Waals surface area contributed by atoms with Crippen LogP contribution in [-0.4, -0.2) is 38.4 Å². The lowest BCUT2D eigenvalue weighted by molar-refractivity contribution is 0.184. The topological polar surface area (TPSA) is 87.0 Å². The molecular formula is C23H20N4O3. The molecule has 0 aliphatic carbocycles. The highest BCUT2D eigenvalue weighted by Gasteiger charge is 2.16. The van der Waals surface area contributed by atoms with Gasteiger partial charge in [0.05, 0.1) is 12.3 Å². The molecule has 0 amide bonds. The first-order valence-corrected chi connectivity index (χ1v) is 9.60. The average molecular weight is 400 g/mol. The summed E-state index contributed by atoms with van der Waals surface area (Å²) in [7, 11) is 1.86. The number of benzene rings is 2. The number of aliphatic hydroxyl groups excluding tert-OH is 1. The molecule has 7 heteroatoms. The Morgan fingerprint density at radius 1 is 1.07 bits per heavy atom. The van der Waals surface area contributed by atoms with Crippen LogP contribution in [0.15, 0.2) is 77.3 Å². The van der Waals surface area contributed by atoms with Gasteiger partial charge in [0.1, 0.15) is 22.8 Å². The number of imidazole rings is 1. The Kier molecular flexibility index (Phi) is 4.37. The van der Waals surface area contributed by atoms with Gasteiger partial charge in [-0.1, -0.05) is 30.3 Å². The van der Waals surface area contributed by atoms with E-state index >= 15 is 0 Å². The van der Waals surface area contributed by atoms with Crippen molar-refractivity contribution >= 4 is 22.4 Å². The van der Waals surface area contributed by atoms with Crippen molar-refractivity contribution in [3.63, 3.8) is 0 Å². The van der Waals surface area contributed by atoms with Gasteiger partial charge in [0.25, 0.3) is 0 Å². The molecule has 0 aliphatic rings. The van der Waals surface area contributed by atoms with Gasteiger partial charge in [-0.2, -0.15) is 0 Å². The largest absolute Gasteiger partial charge is 0.508 e. The Balaban J connectivity index is 1.46. The van der Waals surface area contributed by atoms with Gasteiger partial charge in [-0.15, -0.1) is 5.10 Å². The van der Waals surface area contributed by atoms with Crippen LogP contribution >= 0.6 is 0 Å². The molecule has 3 heterocycles. The lowest BCUT2D eigenvalue weighted by atomic mass is 10.1. The number of likely N-dealkylation sites (N-methyl/N-ethyl adjacent to an activating group) is 1. The standard InChI is InChI=1S/C23H20N4O3/c1-26(14-19(29)15-6-4-7-17(28)11-15)23-10-9-22-24-13-18(27(22)25-23)21-12-16-5-2-3-8-20(16)30-21/h2-13,19,28-29H,14H2,1H3. The molecule has 150 valence electrons. The molecule has 1 unspecified atom stereocenters. The Morgan fingerprint density at radius 2 is 1.93 bits per heavy atom. The first-order valence-electron chi connectivity index (χ1n) is 9.60. The number of aliphatic hydroxyl groups is 1. The van der Waals surface area contributed by atoms with Gasteiger partial charge < -0.3 is 19.5 Å². The third-order valence-electron chi connectivity index (χ3n) is 5.12. The first-order chi connectivity index (χ1) is 14.6. The van der Waals surface area contributed by atoms with E-state index in [1.165, 1.54) is 0 Å². The average Bonchev–Trinajstić information content (AvgIpc) is 3.36. The molecule has 5 aromatic rings. The normalized spacial score (nSPS) is 12.5. The predicted molar refractivity (Wildman–Crippen MR) is 115 cm³/mol. The maximum absolute atomic E-state index is 10.5. The molecule has 5 rings (SSSR count). The highest BCUT2D eigenvalue weighted by atomic mass is 16.3. The first kappa shape index (κ1) is 18.2. The molecule has 0 bridgehead atoms. The number of phenols is 1. The number of rotatable bonds is 5. The Hall–Kier alpha value is -3.84. The Labute approximate surface area is 172 Å². The van der Waals surface area contributed by atoms with Crippen LogP contribution in [0.25, 0.3) is 28.1 Å². The zero-order chi connectivity index (χ0) is 20.7. The Bertz CT molecular complexity index is 1310. The molecule has 0 radical (unpaired) electrons. The molecule has 3 aromatic heterocycles. The highest BCUT2D eigenvalue weighted by molar-refractivity contribution is 5.82. The van der Waals surface area contributed by atoms with Crippen molar-refractivity contribution in [1.29, 1.82) is 0 Å². The van der Waals surface area contributed by atoms with Crippen molar-refractivity contribution in [2.24, 2.45) is 0 Å². The van der Waals surface area contributed by atoms with E-state index < -0.39 is 6.10 Å². The van der Waals surface area contributed by atoms with Crippen LogP contribution in [0.2, 0.25) is 0 Å². The molecule has 0 saturated heterocycles. The maximum atomic E-state index is 10.5. The number of aromatic hydroxyl groups is 1. The van der Waals surface area contributed by atoms with Gasteiger partial charge in [-0.3, -0.25) is 0 Å². The van der Waals surface area contributed by atoms with Crippen molar-refractivity contribution in [1.82, 2.24) is 14.6 Å². The van der Waals surface area contributed by atoms with Gasteiger partial charge in [0.15, 0.2) is 11.4 Å². The summed E-state index contributed by atoms with van der Waals surface area (Å²) in [6.07, 6.45) is 0.975. The van der Waals surface area contributed by atoms with Crippen LogP contribution in [0.5, 0.6) is 5.75 Å². The number of anilines is 1. The summed E-state index contributed by atoms with van der Waals surface area (Å²) >= 11 is 0. The summed E-state index contributed by atoms with van der Waals surface area (Å²) in [4.78, 5) is 6.29. The third-order valence-corrected chi connectivity index (χ3v) is 5.12. The van der Waals surface area contributed by atoms with Gasteiger partial charge in [0.2, 0.25) is 0 Å². The summed E-state index contributed by atoms with van der Waals surface area (Å²) in [5.74, 6) is 1.50. The van der Waals surface area contributed by atoms with Crippen molar-refractivity contribution in [3.8, 4) is 17.2 Å². The minimum atomic E-state index is -0.766. The summed E-state index contributed by atoms with van der Waals surface area (Å²) in [5.41, 5.74) is 2.92. The summed E-state index contributed by atoms with van der Waals surface area (Å²) in [5, 5.41) is 25.9. The summed E-state index contributed by atoms with van der Waals surface area (Å²) in [6.45, 7) is 0.316. The minimum absolute atomic E-state index is 0.127. The molecule has 0 saturated carbocycles. The van der Waals surface area contributed by atoms with Crippen molar-refractivity contribution in [2.45, 2.75) is 6.10 Å². The van der Waals surface area contributed by atoms with Gasteiger partial charge in [0, 0.05) is 19.0 Å². The van der Waals surface area contributed by atoms with E-state index in [4.69, 9.17) is 9.52 Å². The SMILES string of the molecule is CN(CC(O)c1cccc(O)c1)c1ccc2ncc(-c3cc4ccccc4o3)n2n1. The molecule has 2 N–H and O–H groups in total. The number of fused-ring (bicyclic) bond motifs is 2. The van der Waals surface area contributed by atoms with Crippen LogP contribution in [-0.2, 0) is 0 Å². The number of furan rings is 1. The van der Waals surface area contributed by atoms with Gasteiger partial charge in [-0.25, -0.2) is 9.50 Å². The Morgan fingerprint density at radius 3 is 2.77 bits per heavy atom. The smallest absolute Gasteiger partial charge is 0.155 e. The molecule has 30 heavy (non-hydrogen) atoms. The number of phenolic OH excluding ortho intramolecular Hbond substituents is 1. The molecule has 0 aliphatic heterocycles. The van der Waals surface area contributed by atoms with E-state index in [-0.39, 0.29) is 5.75 Å². The number of hydrogen-bond acceptors (Lipinski definition) is 6. The van der Waals surface area contributed by atoms with E-state index in [0.717, 1.165) is 16.7 Å². The quantitative estimate of drug-likeness (QED) is 0.463. The predicted octanol–water partition coefficient (Wildman–Crippen LogP) is 4.02. The van der Waals surface area contributed by atoms with E-state index in [9.17, 15) is 10.2 Å². The molecule has 7 nitrogen and oxygen atoms in total. The fourth-order valence-electron chi connectivity index (χ4n) is 3.53. The van der Waals surface area contributed by atoms with E-state index in [0.29, 0.717) is 29.3 Å². The van der Waals surface area contributed by atoms with Gasteiger partial charge >= 0.3 is 0 Å². The van der Waals surface area contributed by atoms with E-state index in [1.54, 1.807) is 35.0 Å². The zero-order valence-corrected chi connectivity index (χ0v) is 16.3. The van der Waals surface area contributed by atoms with Crippen LogP contribution in [0.3, 0.4) is 0 Å². The van der Waals surface area contributed by atoms with Crippen molar-refractivity contribution < 1.29 is 14.6 Å². The fraction of sp³-hybridized carbons (Fsp3) is 0.130. The second-order valence-corrected chi connectivity index (χ2v) is 7.24. The monoisotopic (exact) mass is 400 g/mol. The lowest BCUT2D eigenvalue weighted by Gasteiger charge is -2.22. The van der Waals surface area contributed by atoms with Crippen LogP contribution in [0.4, 0.5) is 5.82 Å². The summed E-state index contributed by atoms with van der Waals surface area (Å²) < 4.78 is 7.72. The van der Waals surface area contributed by atoms with Crippen LogP contribution < -0.4 is 4.90 Å². The molecule has 2 aromatic carbocycles. The zero-order valence-electron chi connectivity index (χ0n) is 16.3. The maximum Gasteiger partial charge on any atom is 0.155 e. The van der Waals surface area contributed by atoms with Gasteiger partial charge in [-0.05, 0) is 42.0 Å².